The first kappa shape index (κ1) is 9.52. The van der Waals surface area contributed by atoms with Crippen LogP contribution in [-0.2, 0) is 4.79 Å². The van der Waals surface area contributed by atoms with Gasteiger partial charge in [0.1, 0.15) is 0 Å². The number of piperidine rings is 1. The van der Waals surface area contributed by atoms with Gasteiger partial charge in [0.2, 0.25) is 5.91 Å². The third kappa shape index (κ3) is 2.21. The third-order valence-corrected chi connectivity index (χ3v) is 2.45. The van der Waals surface area contributed by atoms with E-state index in [1.165, 1.54) is 6.42 Å². The highest BCUT2D eigenvalue weighted by molar-refractivity contribution is 5.76. The molecule has 12 heavy (non-hydrogen) atoms. The Morgan fingerprint density at radius 1 is 1.58 bits per heavy atom. The van der Waals surface area contributed by atoms with E-state index in [4.69, 9.17) is 5.11 Å². The second kappa shape index (κ2) is 4.45. The molecular formula is C9H17NO2. The molecule has 0 radical (unpaired) electrons. The molecule has 0 aromatic rings. The van der Waals surface area contributed by atoms with E-state index in [1.54, 1.807) is 0 Å². The maximum absolute atomic E-state index is 11.4. The summed E-state index contributed by atoms with van der Waals surface area (Å²) in [7, 11) is 0. The molecule has 1 amide bonds. The molecule has 1 atom stereocenters. The van der Waals surface area contributed by atoms with Gasteiger partial charge in [0, 0.05) is 19.0 Å². The molecule has 3 nitrogen and oxygen atoms in total. The van der Waals surface area contributed by atoms with E-state index in [1.807, 2.05) is 4.90 Å². The second-order valence-corrected chi connectivity index (χ2v) is 3.41. The summed E-state index contributed by atoms with van der Waals surface area (Å²) in [4.78, 5) is 13.3. The summed E-state index contributed by atoms with van der Waals surface area (Å²) < 4.78 is 0. The largest absolute Gasteiger partial charge is 0.396 e. The molecule has 0 spiro atoms. The van der Waals surface area contributed by atoms with Gasteiger partial charge >= 0.3 is 0 Å². The summed E-state index contributed by atoms with van der Waals surface area (Å²) in [5, 5.41) is 8.61. The number of likely N-dealkylation sites (tertiary alicyclic amines) is 1. The van der Waals surface area contributed by atoms with Crippen LogP contribution in [0.5, 0.6) is 0 Å². The smallest absolute Gasteiger partial charge is 0.225 e. The third-order valence-electron chi connectivity index (χ3n) is 2.45. The molecule has 1 aliphatic rings. The predicted molar refractivity (Wildman–Crippen MR) is 46.7 cm³/mol. The zero-order valence-corrected chi connectivity index (χ0v) is 7.62. The molecule has 0 saturated carbocycles. The molecular weight excluding hydrogens is 154 g/mol. The molecule has 1 fully saturated rings. The normalized spacial score (nSPS) is 24.2. The number of carbonyl (C=O) groups is 1. The van der Waals surface area contributed by atoms with Gasteiger partial charge in [-0.15, -0.1) is 0 Å². The fourth-order valence-corrected chi connectivity index (χ4v) is 1.71. The maximum Gasteiger partial charge on any atom is 0.225 e. The van der Waals surface area contributed by atoms with Crippen molar-refractivity contribution >= 4 is 5.91 Å². The zero-order valence-electron chi connectivity index (χ0n) is 7.62. The molecule has 1 N–H and O–H groups in total. The van der Waals surface area contributed by atoms with Crippen molar-refractivity contribution in [1.29, 1.82) is 0 Å². The fourth-order valence-electron chi connectivity index (χ4n) is 1.71. The van der Waals surface area contributed by atoms with Crippen LogP contribution in [0.2, 0.25) is 0 Å². The molecule has 0 aromatic carbocycles. The fraction of sp³-hybridized carbons (Fsp3) is 0.889. The monoisotopic (exact) mass is 171 g/mol. The number of aliphatic hydroxyl groups excluding tert-OH is 1. The van der Waals surface area contributed by atoms with E-state index in [-0.39, 0.29) is 18.9 Å². The molecule has 1 aliphatic heterocycles. The van der Waals surface area contributed by atoms with Crippen molar-refractivity contribution < 1.29 is 9.90 Å². The van der Waals surface area contributed by atoms with Gasteiger partial charge in [0.25, 0.3) is 0 Å². The Kier molecular flexibility index (Phi) is 3.53. The Morgan fingerprint density at radius 3 is 2.92 bits per heavy atom. The molecule has 0 aromatic heterocycles. The summed E-state index contributed by atoms with van der Waals surface area (Å²) in [6, 6.07) is 0.373. The summed E-state index contributed by atoms with van der Waals surface area (Å²) in [6.45, 7) is 2.93. The second-order valence-electron chi connectivity index (χ2n) is 3.41. The van der Waals surface area contributed by atoms with Gasteiger partial charge in [-0.1, -0.05) is 0 Å². The van der Waals surface area contributed by atoms with E-state index in [2.05, 4.69) is 6.92 Å². The molecule has 0 aliphatic carbocycles. The summed E-state index contributed by atoms with van der Waals surface area (Å²) in [6.07, 6.45) is 3.73. The van der Waals surface area contributed by atoms with E-state index < -0.39 is 0 Å². The lowest BCUT2D eigenvalue weighted by atomic mass is 10.0. The van der Waals surface area contributed by atoms with Crippen LogP contribution in [0.1, 0.15) is 32.6 Å². The van der Waals surface area contributed by atoms with Gasteiger partial charge in [-0.05, 0) is 26.2 Å². The average Bonchev–Trinajstić information content (AvgIpc) is 2.05. The molecule has 70 valence electrons. The van der Waals surface area contributed by atoms with Gasteiger partial charge in [-0.3, -0.25) is 4.79 Å². The van der Waals surface area contributed by atoms with Crippen LogP contribution in [0, 0.1) is 0 Å². The zero-order chi connectivity index (χ0) is 8.97. The number of aliphatic hydroxyl groups is 1. The van der Waals surface area contributed by atoms with Gasteiger partial charge in [-0.2, -0.15) is 0 Å². The van der Waals surface area contributed by atoms with Crippen LogP contribution >= 0.6 is 0 Å². The number of hydrogen-bond donors (Lipinski definition) is 1. The molecule has 1 heterocycles. The topological polar surface area (TPSA) is 40.5 Å². The standard InChI is InChI=1S/C9H17NO2/c1-8-4-2-3-6-10(8)9(12)5-7-11/h8,11H,2-7H2,1H3. The first-order valence-electron chi connectivity index (χ1n) is 4.66. The highest BCUT2D eigenvalue weighted by atomic mass is 16.3. The minimum atomic E-state index is -0.0257. The van der Waals surface area contributed by atoms with Crippen LogP contribution in [0.4, 0.5) is 0 Å². The lowest BCUT2D eigenvalue weighted by Crippen LogP contribution is -2.42. The van der Waals surface area contributed by atoms with E-state index >= 15 is 0 Å². The summed E-state index contributed by atoms with van der Waals surface area (Å²) in [5.74, 6) is 0.102. The van der Waals surface area contributed by atoms with Crippen molar-refractivity contribution in [2.75, 3.05) is 13.2 Å². The first-order chi connectivity index (χ1) is 5.75. The van der Waals surface area contributed by atoms with E-state index in [0.29, 0.717) is 6.04 Å². The van der Waals surface area contributed by atoms with Gasteiger partial charge in [-0.25, -0.2) is 0 Å². The van der Waals surface area contributed by atoms with Crippen LogP contribution in [-0.4, -0.2) is 35.1 Å². The van der Waals surface area contributed by atoms with Crippen LogP contribution in [0.25, 0.3) is 0 Å². The van der Waals surface area contributed by atoms with Crippen molar-refractivity contribution in [3.63, 3.8) is 0 Å². The average molecular weight is 171 g/mol. The van der Waals surface area contributed by atoms with Gasteiger partial charge in [0.15, 0.2) is 0 Å². The number of rotatable bonds is 2. The van der Waals surface area contributed by atoms with Gasteiger partial charge < -0.3 is 10.0 Å². The van der Waals surface area contributed by atoms with E-state index in [9.17, 15) is 4.79 Å². The summed E-state index contributed by atoms with van der Waals surface area (Å²) >= 11 is 0. The quantitative estimate of drug-likeness (QED) is 0.666. The van der Waals surface area contributed by atoms with Crippen LogP contribution in [0.3, 0.4) is 0 Å². The predicted octanol–water partition coefficient (Wildman–Crippen LogP) is 0.770. The van der Waals surface area contributed by atoms with Crippen molar-refractivity contribution in [3.8, 4) is 0 Å². The summed E-state index contributed by atoms with van der Waals surface area (Å²) in [5.41, 5.74) is 0. The Labute approximate surface area is 73.4 Å². The van der Waals surface area contributed by atoms with E-state index in [0.717, 1.165) is 19.4 Å². The molecule has 0 bridgehead atoms. The highest BCUT2D eigenvalue weighted by Crippen LogP contribution is 2.16. The first-order valence-corrected chi connectivity index (χ1v) is 4.66. The van der Waals surface area contributed by atoms with Crippen molar-refractivity contribution in [1.82, 2.24) is 4.90 Å². The lowest BCUT2D eigenvalue weighted by Gasteiger charge is -2.33. The maximum atomic E-state index is 11.4. The molecule has 1 rings (SSSR count). The molecule has 1 saturated heterocycles. The van der Waals surface area contributed by atoms with Crippen LogP contribution in [0.15, 0.2) is 0 Å². The number of amides is 1. The van der Waals surface area contributed by atoms with Gasteiger partial charge in [0.05, 0.1) is 6.61 Å². The minimum Gasteiger partial charge on any atom is -0.396 e. The Balaban J connectivity index is 2.42. The number of carbonyl (C=O) groups excluding carboxylic acids is 1. The van der Waals surface area contributed by atoms with Crippen molar-refractivity contribution in [2.24, 2.45) is 0 Å². The lowest BCUT2D eigenvalue weighted by molar-refractivity contribution is -0.135. The molecule has 1 unspecified atom stereocenters. The Bertz CT molecular complexity index is 159. The Hall–Kier alpha value is -0.570. The number of nitrogens with zero attached hydrogens (tertiary/aromatic N) is 1. The Morgan fingerprint density at radius 2 is 2.33 bits per heavy atom. The minimum absolute atomic E-state index is 0.0257. The van der Waals surface area contributed by atoms with Crippen molar-refractivity contribution in [2.45, 2.75) is 38.6 Å². The highest BCUT2D eigenvalue weighted by Gasteiger charge is 2.21. The number of hydrogen-bond acceptors (Lipinski definition) is 2. The SMILES string of the molecule is CC1CCCCN1C(=O)CCO. The van der Waals surface area contributed by atoms with Crippen molar-refractivity contribution in [3.05, 3.63) is 0 Å². The van der Waals surface area contributed by atoms with Crippen LogP contribution < -0.4 is 0 Å². The molecule has 3 heteroatoms.